The van der Waals surface area contributed by atoms with Crippen molar-refractivity contribution in [1.82, 2.24) is 4.98 Å². The van der Waals surface area contributed by atoms with E-state index in [9.17, 15) is 27.2 Å². The molecule has 1 N–H and O–H groups in total. The van der Waals surface area contributed by atoms with Crippen LogP contribution in [0.1, 0.15) is 11.3 Å². The number of hydrogen-bond acceptors (Lipinski definition) is 4. The number of rotatable bonds is 4. The van der Waals surface area contributed by atoms with Gasteiger partial charge in [0, 0.05) is 11.8 Å². The molecule has 106 valence electrons. The summed E-state index contributed by atoms with van der Waals surface area (Å²) >= 11 is 0. The fraction of sp³-hybridized carbons (Fsp3) is 0.400. The van der Waals surface area contributed by atoms with E-state index in [1.807, 2.05) is 0 Å². The van der Waals surface area contributed by atoms with Crippen LogP contribution in [0.25, 0.3) is 0 Å². The molecular formula is C10H9F4NO4. The lowest BCUT2D eigenvalue weighted by atomic mass is 10.1. The Morgan fingerprint density at radius 3 is 2.53 bits per heavy atom. The van der Waals surface area contributed by atoms with Crippen molar-refractivity contribution in [1.29, 1.82) is 0 Å². The van der Waals surface area contributed by atoms with Crippen LogP contribution in [0.5, 0.6) is 5.75 Å². The zero-order chi connectivity index (χ0) is 14.6. The Hall–Kier alpha value is -2.06. The number of nitrogens with one attached hydrogen (secondary N) is 1. The van der Waals surface area contributed by atoms with Crippen LogP contribution in [-0.4, -0.2) is 24.4 Å². The number of esters is 1. The largest absolute Gasteiger partial charge is 0.573 e. The number of aromatic amines is 1. The molecule has 1 heterocycles. The molecule has 0 atom stereocenters. The van der Waals surface area contributed by atoms with Crippen molar-refractivity contribution >= 4 is 5.97 Å². The monoisotopic (exact) mass is 283 g/mol. The van der Waals surface area contributed by atoms with Gasteiger partial charge in [-0.2, -0.15) is 0 Å². The minimum Gasteiger partial charge on any atom is -0.469 e. The molecule has 0 spiro atoms. The van der Waals surface area contributed by atoms with Gasteiger partial charge in [-0.1, -0.05) is 0 Å². The molecule has 5 nitrogen and oxygen atoms in total. The zero-order valence-corrected chi connectivity index (χ0v) is 9.64. The molecule has 0 amide bonds. The van der Waals surface area contributed by atoms with Crippen LogP contribution in [0.2, 0.25) is 0 Å². The number of hydrogen-bond donors (Lipinski definition) is 1. The number of alkyl halides is 4. The smallest absolute Gasteiger partial charge is 0.469 e. The quantitative estimate of drug-likeness (QED) is 0.671. The molecule has 1 aromatic heterocycles. The number of pyridine rings is 1. The Balaban J connectivity index is 3.22. The van der Waals surface area contributed by atoms with Crippen LogP contribution in [0.3, 0.4) is 0 Å². The van der Waals surface area contributed by atoms with Gasteiger partial charge in [-0.05, 0) is 0 Å². The van der Waals surface area contributed by atoms with Crippen molar-refractivity contribution in [2.75, 3.05) is 7.11 Å². The molecule has 0 aromatic carbocycles. The maximum Gasteiger partial charge on any atom is 0.573 e. The molecule has 0 fully saturated rings. The first kappa shape index (κ1) is 15.0. The fourth-order valence-electron chi connectivity index (χ4n) is 1.27. The van der Waals surface area contributed by atoms with Crippen LogP contribution < -0.4 is 10.2 Å². The highest BCUT2D eigenvalue weighted by Crippen LogP contribution is 2.23. The van der Waals surface area contributed by atoms with E-state index in [4.69, 9.17) is 0 Å². The summed E-state index contributed by atoms with van der Waals surface area (Å²) in [5, 5.41) is 0. The van der Waals surface area contributed by atoms with Gasteiger partial charge in [0.2, 0.25) is 5.43 Å². The summed E-state index contributed by atoms with van der Waals surface area (Å²) in [7, 11) is 1.06. The molecule has 19 heavy (non-hydrogen) atoms. The number of carbonyl (C=O) groups excluding carboxylic acids is 1. The van der Waals surface area contributed by atoms with E-state index in [1.165, 1.54) is 0 Å². The Morgan fingerprint density at radius 2 is 2.05 bits per heavy atom. The first-order valence-electron chi connectivity index (χ1n) is 4.90. The fourth-order valence-corrected chi connectivity index (χ4v) is 1.27. The van der Waals surface area contributed by atoms with Crippen molar-refractivity contribution in [3.8, 4) is 5.75 Å². The lowest BCUT2D eigenvalue weighted by molar-refractivity contribution is -0.275. The number of halogens is 4. The summed E-state index contributed by atoms with van der Waals surface area (Å²) in [5.74, 6) is -2.03. The molecule has 1 rings (SSSR count). The number of methoxy groups -OCH3 is 1. The maximum absolute atomic E-state index is 12.5. The molecule has 9 heteroatoms. The number of aromatic nitrogens is 1. The van der Waals surface area contributed by atoms with Crippen LogP contribution in [0.4, 0.5) is 17.6 Å². The number of ether oxygens (including phenoxy) is 2. The van der Waals surface area contributed by atoms with Crippen molar-refractivity contribution < 1.29 is 31.8 Å². The highest BCUT2D eigenvalue weighted by molar-refractivity contribution is 5.72. The second kappa shape index (κ2) is 5.72. The van der Waals surface area contributed by atoms with Gasteiger partial charge in [0.25, 0.3) is 0 Å². The summed E-state index contributed by atoms with van der Waals surface area (Å²) in [4.78, 5) is 24.8. The van der Waals surface area contributed by atoms with Crippen LogP contribution in [-0.2, 0) is 22.6 Å². The molecule has 0 saturated heterocycles. The molecule has 0 saturated carbocycles. The lowest BCUT2D eigenvalue weighted by Crippen LogP contribution is -2.26. The summed E-state index contributed by atoms with van der Waals surface area (Å²) < 4.78 is 56.6. The summed E-state index contributed by atoms with van der Waals surface area (Å²) in [6.45, 7) is -1.35. The lowest BCUT2D eigenvalue weighted by Gasteiger charge is -2.12. The van der Waals surface area contributed by atoms with Crippen molar-refractivity contribution in [3.05, 3.63) is 27.7 Å². The minimum absolute atomic E-state index is 0.316. The SMILES string of the molecule is COC(=O)Cc1c[nH]c(CF)c(OC(F)(F)F)c1=O. The average Bonchev–Trinajstić information content (AvgIpc) is 2.32. The molecule has 0 bridgehead atoms. The highest BCUT2D eigenvalue weighted by atomic mass is 19.4. The predicted octanol–water partition coefficient (Wildman–Crippen LogP) is 1.46. The van der Waals surface area contributed by atoms with Gasteiger partial charge in [0.1, 0.15) is 6.67 Å². The minimum atomic E-state index is -5.14. The van der Waals surface area contributed by atoms with E-state index >= 15 is 0 Å². The van der Waals surface area contributed by atoms with Gasteiger partial charge in [0.05, 0.1) is 19.2 Å². The maximum atomic E-state index is 12.5. The Kier molecular flexibility index (Phi) is 4.52. The van der Waals surface area contributed by atoms with Gasteiger partial charge in [-0.15, -0.1) is 13.2 Å². The summed E-state index contributed by atoms with van der Waals surface area (Å²) in [6.07, 6.45) is -4.75. The second-order valence-electron chi connectivity index (χ2n) is 3.39. The van der Waals surface area contributed by atoms with E-state index in [1.54, 1.807) is 0 Å². The summed E-state index contributed by atoms with van der Waals surface area (Å²) in [5.41, 5.74) is -2.19. The Morgan fingerprint density at radius 1 is 1.42 bits per heavy atom. The number of H-pyrrole nitrogens is 1. The molecule has 0 aliphatic carbocycles. The van der Waals surface area contributed by atoms with Crippen LogP contribution in [0.15, 0.2) is 11.0 Å². The highest BCUT2D eigenvalue weighted by Gasteiger charge is 2.34. The van der Waals surface area contributed by atoms with E-state index in [2.05, 4.69) is 14.5 Å². The van der Waals surface area contributed by atoms with Crippen molar-refractivity contribution in [2.24, 2.45) is 0 Å². The number of carbonyl (C=O) groups is 1. The third kappa shape index (κ3) is 3.97. The van der Waals surface area contributed by atoms with E-state index < -0.39 is 42.3 Å². The van der Waals surface area contributed by atoms with Gasteiger partial charge >= 0.3 is 12.3 Å². The first-order valence-corrected chi connectivity index (χ1v) is 4.90. The van der Waals surface area contributed by atoms with Crippen LogP contribution in [0, 0.1) is 0 Å². The Bertz CT molecular complexity index is 523. The normalized spacial score (nSPS) is 11.2. The zero-order valence-electron chi connectivity index (χ0n) is 9.64. The molecular weight excluding hydrogens is 274 g/mol. The van der Waals surface area contributed by atoms with Gasteiger partial charge < -0.3 is 14.5 Å². The molecule has 0 radical (unpaired) electrons. The third-order valence-electron chi connectivity index (χ3n) is 2.11. The van der Waals surface area contributed by atoms with Crippen LogP contribution >= 0.6 is 0 Å². The topological polar surface area (TPSA) is 68.4 Å². The van der Waals surface area contributed by atoms with Crippen molar-refractivity contribution in [3.63, 3.8) is 0 Å². The first-order chi connectivity index (χ1) is 8.78. The predicted molar refractivity (Wildman–Crippen MR) is 54.3 cm³/mol. The van der Waals surface area contributed by atoms with Crippen molar-refractivity contribution in [2.45, 2.75) is 19.5 Å². The standard InChI is InChI=1S/C10H9F4NO4/c1-18-7(16)2-5-4-15-6(3-11)9(8(5)17)19-10(12,13)14/h4H,2-3H2,1H3,(H,15,17). The summed E-state index contributed by atoms with van der Waals surface area (Å²) in [6, 6.07) is 0. The molecule has 1 aromatic rings. The van der Waals surface area contributed by atoms with E-state index in [0.29, 0.717) is 0 Å². The molecule has 0 unspecified atom stereocenters. The molecule has 0 aliphatic heterocycles. The van der Waals surface area contributed by atoms with Gasteiger partial charge in [-0.25, -0.2) is 4.39 Å². The van der Waals surface area contributed by atoms with Gasteiger partial charge in [0.15, 0.2) is 5.75 Å². The Labute approximate surface area is 104 Å². The van der Waals surface area contributed by atoms with Gasteiger partial charge in [-0.3, -0.25) is 9.59 Å². The third-order valence-corrected chi connectivity index (χ3v) is 2.11. The van der Waals surface area contributed by atoms with E-state index in [-0.39, 0.29) is 5.56 Å². The average molecular weight is 283 g/mol. The molecule has 0 aliphatic rings. The second-order valence-corrected chi connectivity index (χ2v) is 3.39. The van der Waals surface area contributed by atoms with E-state index in [0.717, 1.165) is 13.3 Å².